The smallest absolute Gasteiger partial charge is 0.180 e. The molecule has 0 fully saturated rings. The molecular formula is C8H10N2OS. The zero-order chi connectivity index (χ0) is 8.97. The number of Topliss-reactive ketones (excluding diaryl/α,β-unsaturated/α-hetero) is 1. The molecule has 0 saturated heterocycles. The highest BCUT2D eigenvalue weighted by atomic mass is 32.2. The van der Waals surface area contributed by atoms with E-state index in [1.807, 2.05) is 6.92 Å². The lowest BCUT2D eigenvalue weighted by atomic mass is 10.3. The van der Waals surface area contributed by atoms with Gasteiger partial charge in [0.05, 0.1) is 0 Å². The maximum atomic E-state index is 11.0. The van der Waals surface area contributed by atoms with Crippen molar-refractivity contribution in [1.29, 1.82) is 0 Å². The van der Waals surface area contributed by atoms with E-state index in [1.165, 1.54) is 24.9 Å². The Bertz CT molecular complexity index is 288. The fraction of sp³-hybridized carbons (Fsp3) is 0.375. The third-order valence-corrected chi connectivity index (χ3v) is 2.14. The Balaban J connectivity index is 3.00. The van der Waals surface area contributed by atoms with Gasteiger partial charge in [-0.2, -0.15) is 0 Å². The first kappa shape index (κ1) is 9.19. The minimum absolute atomic E-state index is 0.0287. The third kappa shape index (κ3) is 2.04. The van der Waals surface area contributed by atoms with Gasteiger partial charge in [-0.1, -0.05) is 6.92 Å². The average Bonchev–Trinajstić information content (AvgIpc) is 2.05. The minimum atomic E-state index is -0.0287. The van der Waals surface area contributed by atoms with Crippen LogP contribution in [0.2, 0.25) is 0 Å². The van der Waals surface area contributed by atoms with Crippen LogP contribution in [0.15, 0.2) is 17.4 Å². The number of nitrogens with zero attached hydrogens (tertiary/aromatic N) is 2. The lowest BCUT2D eigenvalue weighted by molar-refractivity contribution is 0.100. The molecule has 0 radical (unpaired) electrons. The van der Waals surface area contributed by atoms with E-state index in [4.69, 9.17) is 0 Å². The lowest BCUT2D eigenvalue weighted by Crippen LogP contribution is -2.00. The summed E-state index contributed by atoms with van der Waals surface area (Å²) < 4.78 is 0. The van der Waals surface area contributed by atoms with Crippen LogP contribution in [0.25, 0.3) is 0 Å². The van der Waals surface area contributed by atoms with Gasteiger partial charge in [-0.05, 0) is 5.75 Å². The van der Waals surface area contributed by atoms with Gasteiger partial charge >= 0.3 is 0 Å². The molecule has 3 nitrogen and oxygen atoms in total. The molecule has 0 bridgehead atoms. The maximum Gasteiger partial charge on any atom is 0.180 e. The van der Waals surface area contributed by atoms with E-state index in [9.17, 15) is 4.79 Å². The van der Waals surface area contributed by atoms with Crippen molar-refractivity contribution in [2.45, 2.75) is 18.9 Å². The summed E-state index contributed by atoms with van der Waals surface area (Å²) in [7, 11) is 0. The molecular weight excluding hydrogens is 172 g/mol. The number of rotatable bonds is 3. The van der Waals surface area contributed by atoms with Gasteiger partial charge in [-0.25, -0.2) is 9.97 Å². The van der Waals surface area contributed by atoms with Crippen molar-refractivity contribution in [2.24, 2.45) is 0 Å². The molecule has 1 aromatic rings. The minimum Gasteiger partial charge on any atom is -0.293 e. The van der Waals surface area contributed by atoms with Crippen molar-refractivity contribution in [1.82, 2.24) is 9.97 Å². The lowest BCUT2D eigenvalue weighted by Gasteiger charge is -2.00. The van der Waals surface area contributed by atoms with Gasteiger partial charge in [-0.15, -0.1) is 11.8 Å². The molecule has 12 heavy (non-hydrogen) atoms. The molecule has 0 amide bonds. The van der Waals surface area contributed by atoms with Gasteiger partial charge in [0.25, 0.3) is 0 Å². The number of carbonyl (C=O) groups excluding carboxylic acids is 1. The molecule has 1 heterocycles. The monoisotopic (exact) mass is 182 g/mol. The Morgan fingerprint density at radius 3 is 2.75 bits per heavy atom. The number of hydrogen-bond donors (Lipinski definition) is 0. The molecule has 4 heteroatoms. The van der Waals surface area contributed by atoms with E-state index in [0.29, 0.717) is 5.69 Å². The standard InChI is InChI=1S/C8H10N2OS/c1-3-12-8-7(6(2)11)9-4-5-10-8/h4-5H,3H2,1-2H3. The summed E-state index contributed by atoms with van der Waals surface area (Å²) in [4.78, 5) is 19.1. The molecule has 64 valence electrons. The van der Waals surface area contributed by atoms with Crippen molar-refractivity contribution in [3.63, 3.8) is 0 Å². The van der Waals surface area contributed by atoms with Crippen molar-refractivity contribution < 1.29 is 4.79 Å². The molecule has 0 aliphatic carbocycles. The van der Waals surface area contributed by atoms with E-state index in [0.717, 1.165) is 10.8 Å². The van der Waals surface area contributed by atoms with Crippen LogP contribution >= 0.6 is 11.8 Å². The molecule has 0 saturated carbocycles. The van der Waals surface area contributed by atoms with Gasteiger partial charge in [0.1, 0.15) is 10.7 Å². The molecule has 0 aromatic carbocycles. The largest absolute Gasteiger partial charge is 0.293 e. The van der Waals surface area contributed by atoms with Crippen molar-refractivity contribution >= 4 is 17.5 Å². The van der Waals surface area contributed by atoms with Crippen LogP contribution in [0, 0.1) is 0 Å². The maximum absolute atomic E-state index is 11.0. The summed E-state index contributed by atoms with van der Waals surface area (Å²) in [5, 5.41) is 0.729. The number of hydrogen-bond acceptors (Lipinski definition) is 4. The normalized spacial score (nSPS) is 9.83. The van der Waals surface area contributed by atoms with Crippen LogP contribution in [0.1, 0.15) is 24.3 Å². The second-order valence-electron chi connectivity index (χ2n) is 2.20. The summed E-state index contributed by atoms with van der Waals surface area (Å²) in [5.41, 5.74) is 0.476. The Kier molecular flexibility index (Phi) is 3.22. The molecule has 0 aliphatic rings. The number of carbonyl (C=O) groups is 1. The van der Waals surface area contributed by atoms with Crippen LogP contribution in [-0.4, -0.2) is 21.5 Å². The second kappa shape index (κ2) is 4.21. The van der Waals surface area contributed by atoms with Crippen LogP contribution in [0.5, 0.6) is 0 Å². The van der Waals surface area contributed by atoms with Crippen LogP contribution < -0.4 is 0 Å². The Hall–Kier alpha value is -0.900. The number of thioether (sulfide) groups is 1. The predicted octanol–water partition coefficient (Wildman–Crippen LogP) is 1.79. The predicted molar refractivity (Wildman–Crippen MR) is 48.4 cm³/mol. The van der Waals surface area contributed by atoms with Crippen molar-refractivity contribution in [3.05, 3.63) is 18.1 Å². The van der Waals surface area contributed by atoms with Crippen molar-refractivity contribution in [3.8, 4) is 0 Å². The van der Waals surface area contributed by atoms with Crippen LogP contribution in [0.4, 0.5) is 0 Å². The molecule has 0 aliphatic heterocycles. The van der Waals surface area contributed by atoms with E-state index < -0.39 is 0 Å². The fourth-order valence-corrected chi connectivity index (χ4v) is 1.55. The first-order chi connectivity index (χ1) is 5.75. The molecule has 1 aromatic heterocycles. The molecule has 0 unspecified atom stereocenters. The SMILES string of the molecule is CCSc1nccnc1C(C)=O. The van der Waals surface area contributed by atoms with E-state index >= 15 is 0 Å². The van der Waals surface area contributed by atoms with Gasteiger partial charge in [0.15, 0.2) is 5.78 Å². The number of aromatic nitrogens is 2. The summed E-state index contributed by atoms with van der Waals surface area (Å²) in [6.45, 7) is 3.52. The highest BCUT2D eigenvalue weighted by Crippen LogP contribution is 2.17. The zero-order valence-corrected chi connectivity index (χ0v) is 7.89. The van der Waals surface area contributed by atoms with Gasteiger partial charge < -0.3 is 0 Å². The van der Waals surface area contributed by atoms with Crippen LogP contribution in [0.3, 0.4) is 0 Å². The van der Waals surface area contributed by atoms with E-state index in [-0.39, 0.29) is 5.78 Å². The quantitative estimate of drug-likeness (QED) is 0.528. The summed E-state index contributed by atoms with van der Waals surface area (Å²) >= 11 is 1.54. The Morgan fingerprint density at radius 1 is 1.50 bits per heavy atom. The fourth-order valence-electron chi connectivity index (χ4n) is 0.809. The van der Waals surface area contributed by atoms with Crippen LogP contribution in [-0.2, 0) is 0 Å². The zero-order valence-electron chi connectivity index (χ0n) is 7.07. The van der Waals surface area contributed by atoms with Gasteiger partial charge in [0, 0.05) is 19.3 Å². The molecule has 0 N–H and O–H groups in total. The van der Waals surface area contributed by atoms with Gasteiger partial charge in [-0.3, -0.25) is 4.79 Å². The second-order valence-corrected chi connectivity index (χ2v) is 3.45. The van der Waals surface area contributed by atoms with Gasteiger partial charge in [0.2, 0.25) is 0 Å². The Labute approximate surface area is 75.6 Å². The first-order valence-corrected chi connectivity index (χ1v) is 4.69. The highest BCUT2D eigenvalue weighted by molar-refractivity contribution is 7.99. The number of ketones is 1. The first-order valence-electron chi connectivity index (χ1n) is 3.70. The Morgan fingerprint density at radius 2 is 2.17 bits per heavy atom. The highest BCUT2D eigenvalue weighted by Gasteiger charge is 2.08. The molecule has 1 rings (SSSR count). The summed E-state index contributed by atoms with van der Waals surface area (Å²) in [6, 6.07) is 0. The topological polar surface area (TPSA) is 42.9 Å². The molecule has 0 atom stereocenters. The van der Waals surface area contributed by atoms with E-state index in [1.54, 1.807) is 6.20 Å². The average molecular weight is 182 g/mol. The van der Waals surface area contributed by atoms with E-state index in [2.05, 4.69) is 9.97 Å². The summed E-state index contributed by atoms with van der Waals surface area (Å²) in [6.07, 6.45) is 3.14. The third-order valence-electron chi connectivity index (χ3n) is 1.28. The molecule has 0 spiro atoms. The van der Waals surface area contributed by atoms with Crippen molar-refractivity contribution in [2.75, 3.05) is 5.75 Å². The summed E-state index contributed by atoms with van der Waals surface area (Å²) in [5.74, 6) is 0.873.